The molecule has 3 aromatic rings. The van der Waals surface area contributed by atoms with Crippen LogP contribution in [-0.2, 0) is 9.53 Å². The molecule has 4 rings (SSSR count). The van der Waals surface area contributed by atoms with Gasteiger partial charge in [0, 0.05) is 36.0 Å². The Hall–Kier alpha value is -2.55. The van der Waals surface area contributed by atoms with Crippen molar-refractivity contribution in [2.75, 3.05) is 42.3 Å². The van der Waals surface area contributed by atoms with Gasteiger partial charge in [-0.05, 0) is 37.3 Å². The molecular formula is C22H24ClN5O2S. The van der Waals surface area contributed by atoms with Crippen molar-refractivity contribution < 1.29 is 9.53 Å². The smallest absolute Gasteiger partial charge is 0.232 e. The summed E-state index contributed by atoms with van der Waals surface area (Å²) in [4.78, 5) is 14.5. The van der Waals surface area contributed by atoms with Gasteiger partial charge in [-0.1, -0.05) is 47.1 Å². The van der Waals surface area contributed by atoms with Gasteiger partial charge in [-0.25, -0.2) is 0 Å². The van der Waals surface area contributed by atoms with Gasteiger partial charge >= 0.3 is 0 Å². The Bertz CT molecular complexity index is 1030. The summed E-state index contributed by atoms with van der Waals surface area (Å²) >= 11 is 7.50. The van der Waals surface area contributed by atoms with Crippen molar-refractivity contribution >= 4 is 40.9 Å². The lowest BCUT2D eigenvalue weighted by Gasteiger charge is -2.28. The van der Waals surface area contributed by atoms with E-state index in [1.54, 1.807) is 12.1 Å². The van der Waals surface area contributed by atoms with Crippen molar-refractivity contribution in [3.8, 4) is 5.69 Å². The molecule has 0 aliphatic carbocycles. The summed E-state index contributed by atoms with van der Waals surface area (Å²) in [7, 11) is 0. The number of anilines is 2. The molecule has 1 amide bonds. The number of ether oxygens (including phenoxy) is 1. The lowest BCUT2D eigenvalue weighted by Crippen LogP contribution is -2.37. The summed E-state index contributed by atoms with van der Waals surface area (Å²) in [6, 6.07) is 15.4. The van der Waals surface area contributed by atoms with Crippen molar-refractivity contribution in [2.24, 2.45) is 0 Å². The fourth-order valence-electron chi connectivity index (χ4n) is 3.27. The van der Waals surface area contributed by atoms with Gasteiger partial charge in [-0.15, -0.1) is 10.2 Å². The fourth-order valence-corrected chi connectivity index (χ4v) is 4.34. The number of thioether (sulfide) groups is 1. The van der Waals surface area contributed by atoms with Gasteiger partial charge in [-0.3, -0.25) is 9.36 Å². The maximum atomic E-state index is 12.3. The van der Waals surface area contributed by atoms with E-state index in [1.807, 2.05) is 12.1 Å². The third-order valence-electron chi connectivity index (χ3n) is 4.87. The lowest BCUT2D eigenvalue weighted by atomic mass is 10.2. The zero-order valence-electron chi connectivity index (χ0n) is 17.3. The molecule has 0 radical (unpaired) electrons. The molecule has 1 fully saturated rings. The maximum Gasteiger partial charge on any atom is 0.232 e. The Labute approximate surface area is 190 Å². The van der Waals surface area contributed by atoms with Gasteiger partial charge in [-0.2, -0.15) is 0 Å². The Kier molecular flexibility index (Phi) is 7.11. The van der Waals surface area contributed by atoms with Crippen molar-refractivity contribution in [3.63, 3.8) is 0 Å². The highest BCUT2D eigenvalue weighted by Crippen LogP contribution is 2.28. The molecule has 0 unspecified atom stereocenters. The van der Waals surface area contributed by atoms with Crippen LogP contribution in [-0.4, -0.2) is 52.7 Å². The van der Waals surface area contributed by atoms with Crippen LogP contribution in [0.15, 0.2) is 53.7 Å². The fraction of sp³-hybridized carbons (Fsp3) is 0.318. The third-order valence-corrected chi connectivity index (χ3v) is 6.04. The summed E-state index contributed by atoms with van der Waals surface area (Å²) in [5.41, 5.74) is 2.89. The van der Waals surface area contributed by atoms with Gasteiger partial charge in [0.1, 0.15) is 0 Å². The number of aromatic nitrogens is 3. The van der Waals surface area contributed by atoms with E-state index < -0.39 is 0 Å². The first-order valence-corrected chi connectivity index (χ1v) is 11.5. The van der Waals surface area contributed by atoms with E-state index in [1.165, 1.54) is 17.3 Å². The lowest BCUT2D eigenvalue weighted by molar-refractivity contribution is -0.115. The first kappa shape index (κ1) is 21.7. The number of hydrogen-bond donors (Lipinski definition) is 1. The predicted octanol–water partition coefficient (Wildman–Crippen LogP) is 4.19. The van der Waals surface area contributed by atoms with Gasteiger partial charge < -0.3 is 15.0 Å². The number of benzene rings is 2. The molecule has 0 bridgehead atoms. The van der Waals surface area contributed by atoms with Gasteiger partial charge in [0.05, 0.1) is 18.9 Å². The van der Waals surface area contributed by atoms with Crippen LogP contribution in [0.25, 0.3) is 5.69 Å². The number of rotatable bonds is 7. The molecule has 1 saturated heterocycles. The highest BCUT2D eigenvalue weighted by Gasteiger charge is 2.22. The highest BCUT2D eigenvalue weighted by molar-refractivity contribution is 7.99. The zero-order valence-corrected chi connectivity index (χ0v) is 18.8. The number of hydrogen-bond acceptors (Lipinski definition) is 6. The monoisotopic (exact) mass is 457 g/mol. The number of nitrogens with zero attached hydrogens (tertiary/aromatic N) is 4. The minimum atomic E-state index is -0.0652. The van der Waals surface area contributed by atoms with Crippen molar-refractivity contribution in [1.29, 1.82) is 0 Å². The number of morpholine rings is 1. The van der Waals surface area contributed by atoms with Crippen LogP contribution in [0.1, 0.15) is 12.0 Å². The first-order chi connectivity index (χ1) is 15.1. The molecule has 162 valence electrons. The molecule has 2 heterocycles. The van der Waals surface area contributed by atoms with E-state index >= 15 is 0 Å². The van der Waals surface area contributed by atoms with Crippen LogP contribution in [0.4, 0.5) is 11.6 Å². The Morgan fingerprint density at radius 2 is 1.94 bits per heavy atom. The standard InChI is InChI=1S/C22H24ClN5O2S/c1-16-5-7-19(8-6-16)28-21(27-10-12-30-13-11-27)25-26-22(28)31-14-9-20(29)24-18-4-2-3-17(23)15-18/h2-8,15H,9-14H2,1H3,(H,24,29). The molecule has 1 aromatic heterocycles. The van der Waals surface area contributed by atoms with Crippen LogP contribution < -0.4 is 10.2 Å². The molecule has 1 aliphatic rings. The van der Waals surface area contributed by atoms with Crippen LogP contribution in [0.3, 0.4) is 0 Å². The SMILES string of the molecule is Cc1ccc(-n2c(SCCC(=O)Nc3cccc(Cl)c3)nnc2N2CCOCC2)cc1. The molecule has 1 N–H and O–H groups in total. The summed E-state index contributed by atoms with van der Waals surface area (Å²) < 4.78 is 7.54. The summed E-state index contributed by atoms with van der Waals surface area (Å²) in [6.45, 7) is 4.96. The van der Waals surface area contributed by atoms with E-state index in [2.05, 4.69) is 56.2 Å². The topological polar surface area (TPSA) is 72.3 Å². The molecule has 0 spiro atoms. The summed E-state index contributed by atoms with van der Waals surface area (Å²) in [5.74, 6) is 1.32. The van der Waals surface area contributed by atoms with Crippen molar-refractivity contribution in [2.45, 2.75) is 18.5 Å². The molecule has 0 atom stereocenters. The number of carbonyl (C=O) groups excluding carboxylic acids is 1. The normalized spacial score (nSPS) is 13.9. The molecule has 2 aromatic carbocycles. The largest absolute Gasteiger partial charge is 0.378 e. The third kappa shape index (κ3) is 5.58. The van der Waals surface area contributed by atoms with E-state index in [-0.39, 0.29) is 5.91 Å². The van der Waals surface area contributed by atoms with Crippen LogP contribution in [0.5, 0.6) is 0 Å². The minimum absolute atomic E-state index is 0.0652. The van der Waals surface area contributed by atoms with Crippen molar-refractivity contribution in [1.82, 2.24) is 14.8 Å². The summed E-state index contributed by atoms with van der Waals surface area (Å²) in [5, 5.41) is 13.1. The number of nitrogens with one attached hydrogen (secondary N) is 1. The van der Waals surface area contributed by atoms with Crippen LogP contribution in [0, 0.1) is 6.92 Å². The molecule has 9 heteroatoms. The predicted molar refractivity (Wildman–Crippen MR) is 125 cm³/mol. The number of halogens is 1. The molecule has 1 aliphatic heterocycles. The van der Waals surface area contributed by atoms with Gasteiger partial charge in [0.2, 0.25) is 11.9 Å². The zero-order chi connectivity index (χ0) is 21.6. The average molecular weight is 458 g/mol. The second-order valence-electron chi connectivity index (χ2n) is 7.21. The summed E-state index contributed by atoms with van der Waals surface area (Å²) in [6.07, 6.45) is 0.352. The first-order valence-electron chi connectivity index (χ1n) is 10.1. The number of aryl methyl sites for hydroxylation is 1. The Morgan fingerprint density at radius 3 is 2.68 bits per heavy atom. The minimum Gasteiger partial charge on any atom is -0.378 e. The second-order valence-corrected chi connectivity index (χ2v) is 8.71. The number of carbonyl (C=O) groups is 1. The Morgan fingerprint density at radius 1 is 1.16 bits per heavy atom. The van der Waals surface area contributed by atoms with E-state index in [9.17, 15) is 4.79 Å². The van der Waals surface area contributed by atoms with Crippen LogP contribution >= 0.6 is 23.4 Å². The van der Waals surface area contributed by atoms with E-state index in [0.717, 1.165) is 29.9 Å². The van der Waals surface area contributed by atoms with Gasteiger partial charge in [0.15, 0.2) is 5.16 Å². The van der Waals surface area contributed by atoms with Crippen molar-refractivity contribution in [3.05, 3.63) is 59.1 Å². The highest BCUT2D eigenvalue weighted by atomic mass is 35.5. The van der Waals surface area contributed by atoms with E-state index in [4.69, 9.17) is 16.3 Å². The number of amides is 1. The van der Waals surface area contributed by atoms with Gasteiger partial charge in [0.25, 0.3) is 0 Å². The molecule has 7 nitrogen and oxygen atoms in total. The molecule has 0 saturated carbocycles. The molecule has 31 heavy (non-hydrogen) atoms. The maximum absolute atomic E-state index is 12.3. The molecular weight excluding hydrogens is 434 g/mol. The van der Waals surface area contributed by atoms with Crippen LogP contribution in [0.2, 0.25) is 5.02 Å². The van der Waals surface area contributed by atoms with E-state index in [0.29, 0.717) is 36.1 Å². The quantitative estimate of drug-likeness (QED) is 0.536. The second kappa shape index (κ2) is 10.2. The Balaban J connectivity index is 1.46. The average Bonchev–Trinajstić information content (AvgIpc) is 3.19.